The summed E-state index contributed by atoms with van der Waals surface area (Å²) >= 11 is 6.38. The molecule has 4 aliphatic rings. The molecule has 0 bridgehead atoms. The molecule has 240 valence electrons. The number of halogens is 1. The second-order valence-corrected chi connectivity index (χ2v) is 13.7. The molecule has 4 amide bonds. The second-order valence-electron chi connectivity index (χ2n) is 13.2. The normalized spacial score (nSPS) is 27.9. The van der Waals surface area contributed by atoms with E-state index in [2.05, 4.69) is 0 Å². The van der Waals surface area contributed by atoms with E-state index >= 15 is 4.79 Å². The maximum Gasteiger partial charge on any atom is 0.246 e. The number of phenols is 1. The molecule has 0 radical (unpaired) electrons. The van der Waals surface area contributed by atoms with Crippen molar-refractivity contribution in [3.05, 3.63) is 136 Å². The molecular weight excluding hydrogens is 624 g/mol. The number of fused-ring (bicyclic) bond motifs is 4. The fraction of sp³-hybridized carbons (Fsp3) is 0.250. The van der Waals surface area contributed by atoms with Crippen LogP contribution in [0.1, 0.15) is 42.4 Å². The number of benzene rings is 4. The summed E-state index contributed by atoms with van der Waals surface area (Å²) in [6, 6.07) is 30.4. The van der Waals surface area contributed by atoms with Crippen molar-refractivity contribution in [3.8, 4) is 5.75 Å². The van der Waals surface area contributed by atoms with Crippen molar-refractivity contribution >= 4 is 46.6 Å². The number of carbonyl (C=O) groups excluding carboxylic acids is 4. The molecule has 4 aromatic carbocycles. The molecule has 0 aromatic heterocycles. The molecule has 2 aliphatic heterocycles. The standard InChI is InChI=1S/C40H33ClN2O5/c1-2-23-14-16-27(17-15-23)42-36(45)31-19-18-30-32(34(31)38(42)47)22-33-37(46)43(28-12-7-11-26(41)21-28)39(48)40(33,25-9-4-3-5-10-25)35(30)24-8-6-13-29(44)20-24/h3-18,20-21,31-35,44H,2,19,22H2,1H3. The summed E-state index contributed by atoms with van der Waals surface area (Å²) in [5.41, 5.74) is 2.82. The molecular formula is C40H33ClN2O5. The molecule has 8 rings (SSSR count). The van der Waals surface area contributed by atoms with Crippen molar-refractivity contribution in [2.24, 2.45) is 23.7 Å². The van der Waals surface area contributed by atoms with Gasteiger partial charge in [0.05, 0.1) is 34.5 Å². The fourth-order valence-electron chi connectivity index (χ4n) is 8.96. The summed E-state index contributed by atoms with van der Waals surface area (Å²) in [5, 5.41) is 11.1. The van der Waals surface area contributed by atoms with E-state index in [0.29, 0.717) is 33.9 Å². The maximum atomic E-state index is 15.2. The number of amides is 4. The summed E-state index contributed by atoms with van der Waals surface area (Å²) in [4.78, 5) is 60.9. The highest BCUT2D eigenvalue weighted by Crippen LogP contribution is 2.64. The van der Waals surface area contributed by atoms with E-state index in [1.807, 2.05) is 73.7 Å². The van der Waals surface area contributed by atoms with Gasteiger partial charge in [-0.15, -0.1) is 0 Å². The van der Waals surface area contributed by atoms with Crippen molar-refractivity contribution in [2.45, 2.75) is 37.5 Å². The molecule has 1 N–H and O–H groups in total. The van der Waals surface area contributed by atoms with Gasteiger partial charge in [0.2, 0.25) is 23.6 Å². The first kappa shape index (κ1) is 30.3. The van der Waals surface area contributed by atoms with E-state index in [1.54, 1.807) is 42.5 Å². The van der Waals surface area contributed by atoms with Crippen molar-refractivity contribution < 1.29 is 24.3 Å². The van der Waals surface area contributed by atoms with Crippen molar-refractivity contribution in [3.63, 3.8) is 0 Å². The smallest absolute Gasteiger partial charge is 0.246 e. The highest BCUT2D eigenvalue weighted by molar-refractivity contribution is 6.32. The molecule has 1 saturated carbocycles. The van der Waals surface area contributed by atoms with Crippen LogP contribution in [0.2, 0.25) is 5.02 Å². The largest absolute Gasteiger partial charge is 0.508 e. The summed E-state index contributed by atoms with van der Waals surface area (Å²) < 4.78 is 0. The lowest BCUT2D eigenvalue weighted by atomic mass is 9.49. The highest BCUT2D eigenvalue weighted by atomic mass is 35.5. The molecule has 2 aliphatic carbocycles. The molecule has 7 nitrogen and oxygen atoms in total. The molecule has 2 heterocycles. The third-order valence-corrected chi connectivity index (χ3v) is 11.2. The first-order valence-electron chi connectivity index (χ1n) is 16.4. The third-order valence-electron chi connectivity index (χ3n) is 11.0. The lowest BCUT2D eigenvalue weighted by molar-refractivity contribution is -0.127. The monoisotopic (exact) mass is 656 g/mol. The first-order chi connectivity index (χ1) is 23.2. The van der Waals surface area contributed by atoms with Gasteiger partial charge in [0.25, 0.3) is 0 Å². The Hall–Kier alpha value is -5.01. The van der Waals surface area contributed by atoms with Crippen LogP contribution < -0.4 is 9.80 Å². The number of carbonyl (C=O) groups is 4. The van der Waals surface area contributed by atoms with Gasteiger partial charge in [0.15, 0.2) is 0 Å². The maximum absolute atomic E-state index is 15.2. The van der Waals surface area contributed by atoms with E-state index in [9.17, 15) is 19.5 Å². The van der Waals surface area contributed by atoms with E-state index in [0.717, 1.165) is 17.6 Å². The minimum atomic E-state index is -1.38. The van der Waals surface area contributed by atoms with E-state index in [1.165, 1.54) is 9.80 Å². The van der Waals surface area contributed by atoms with Crippen LogP contribution in [0.25, 0.3) is 0 Å². The first-order valence-corrected chi connectivity index (χ1v) is 16.8. The van der Waals surface area contributed by atoms with Gasteiger partial charge < -0.3 is 5.11 Å². The average molecular weight is 657 g/mol. The molecule has 2 saturated heterocycles. The summed E-state index contributed by atoms with van der Waals surface area (Å²) in [5.74, 6) is -4.57. The summed E-state index contributed by atoms with van der Waals surface area (Å²) in [7, 11) is 0. The Balaban J connectivity index is 1.33. The van der Waals surface area contributed by atoms with Crippen LogP contribution in [0.5, 0.6) is 5.75 Å². The van der Waals surface area contributed by atoms with Crippen LogP contribution in [0.4, 0.5) is 11.4 Å². The van der Waals surface area contributed by atoms with Gasteiger partial charge in [0.1, 0.15) is 5.75 Å². The van der Waals surface area contributed by atoms with E-state index < -0.39 is 35.0 Å². The van der Waals surface area contributed by atoms with Crippen molar-refractivity contribution in [1.82, 2.24) is 0 Å². The lowest BCUT2D eigenvalue weighted by Crippen LogP contribution is -2.53. The highest BCUT2D eigenvalue weighted by Gasteiger charge is 2.70. The number of hydrogen-bond acceptors (Lipinski definition) is 5. The predicted octanol–water partition coefficient (Wildman–Crippen LogP) is 6.98. The number of anilines is 2. The second kappa shape index (κ2) is 11.3. The number of hydrogen-bond donors (Lipinski definition) is 1. The van der Waals surface area contributed by atoms with Crippen LogP contribution >= 0.6 is 11.6 Å². The molecule has 48 heavy (non-hydrogen) atoms. The number of aromatic hydroxyl groups is 1. The number of imide groups is 2. The Morgan fingerprint density at radius 1 is 0.771 bits per heavy atom. The number of phenolic OH excluding ortho intramolecular Hbond substituents is 1. The zero-order valence-electron chi connectivity index (χ0n) is 26.3. The zero-order valence-corrected chi connectivity index (χ0v) is 27.0. The van der Waals surface area contributed by atoms with Crippen LogP contribution in [0.3, 0.4) is 0 Å². The Kier molecular flexibility index (Phi) is 7.15. The molecule has 3 fully saturated rings. The fourth-order valence-corrected chi connectivity index (χ4v) is 9.14. The van der Waals surface area contributed by atoms with Gasteiger partial charge >= 0.3 is 0 Å². The minimum Gasteiger partial charge on any atom is -0.508 e. The number of nitrogens with zero attached hydrogens (tertiary/aromatic N) is 2. The zero-order chi connectivity index (χ0) is 33.3. The van der Waals surface area contributed by atoms with Gasteiger partial charge in [-0.1, -0.05) is 90.8 Å². The molecule has 0 spiro atoms. The minimum absolute atomic E-state index is 0.0287. The Labute approximate surface area is 283 Å². The molecule has 8 heteroatoms. The predicted molar refractivity (Wildman–Crippen MR) is 183 cm³/mol. The quantitative estimate of drug-likeness (QED) is 0.185. The van der Waals surface area contributed by atoms with Crippen molar-refractivity contribution in [1.29, 1.82) is 0 Å². The van der Waals surface area contributed by atoms with Gasteiger partial charge in [-0.25, -0.2) is 4.90 Å². The van der Waals surface area contributed by atoms with E-state index in [-0.39, 0.29) is 35.8 Å². The van der Waals surface area contributed by atoms with E-state index in [4.69, 9.17) is 11.6 Å². The molecule has 6 unspecified atom stereocenters. The molecule has 6 atom stereocenters. The Morgan fingerprint density at radius 2 is 1.52 bits per heavy atom. The summed E-state index contributed by atoms with van der Waals surface area (Å²) in [6.07, 6.45) is 3.40. The molecule has 4 aromatic rings. The number of aryl methyl sites for hydroxylation is 1. The number of allylic oxidation sites excluding steroid dienone is 2. The van der Waals surface area contributed by atoms with Crippen molar-refractivity contribution in [2.75, 3.05) is 9.80 Å². The average Bonchev–Trinajstić information content (AvgIpc) is 3.49. The van der Waals surface area contributed by atoms with Gasteiger partial charge in [-0.2, -0.15) is 0 Å². The summed E-state index contributed by atoms with van der Waals surface area (Å²) in [6.45, 7) is 2.05. The topological polar surface area (TPSA) is 95.0 Å². The van der Waals surface area contributed by atoms with Gasteiger partial charge in [0, 0.05) is 10.9 Å². The number of rotatable bonds is 5. The third kappa shape index (κ3) is 4.26. The van der Waals surface area contributed by atoms with Crippen LogP contribution in [-0.4, -0.2) is 28.7 Å². The van der Waals surface area contributed by atoms with Crippen LogP contribution in [0.15, 0.2) is 115 Å². The van der Waals surface area contributed by atoms with Crippen LogP contribution in [-0.2, 0) is 31.0 Å². The Morgan fingerprint density at radius 3 is 2.23 bits per heavy atom. The van der Waals surface area contributed by atoms with Gasteiger partial charge in [-0.05, 0) is 84.3 Å². The van der Waals surface area contributed by atoms with Gasteiger partial charge in [-0.3, -0.25) is 24.1 Å². The lowest BCUT2D eigenvalue weighted by Gasteiger charge is -2.50. The van der Waals surface area contributed by atoms with Crippen LogP contribution in [0, 0.1) is 23.7 Å². The SMILES string of the molecule is CCc1ccc(N2C(=O)C3CC=C4C(CC5C(=O)N(c6cccc(Cl)c6)C(=O)C5(c5ccccc5)C4c4cccc(O)c4)C3C2=O)cc1. The Bertz CT molecular complexity index is 2020.